The normalized spacial score (nSPS) is 11.3. The van der Waals surface area contributed by atoms with Gasteiger partial charge in [0.15, 0.2) is 5.13 Å². The average molecular weight is 300 g/mol. The minimum atomic E-state index is 0.772. The van der Waals surface area contributed by atoms with Crippen LogP contribution in [0.3, 0.4) is 0 Å². The molecule has 0 saturated carbocycles. The summed E-state index contributed by atoms with van der Waals surface area (Å²) in [4.78, 5) is 6.85. The zero-order chi connectivity index (χ0) is 15.1. The molecule has 3 aromatic rings. The number of rotatable bonds is 3. The maximum absolute atomic E-state index is 4.79. The zero-order valence-corrected chi connectivity index (χ0v) is 14.0. The lowest BCUT2D eigenvalue weighted by molar-refractivity contribution is 0.661. The standard InChI is InChI=1S/C16H20N4S/c1-10-6-13(9-20-12(3)8-11(2)18-20)15-14(7-10)21-16(17-15)19(4)5/h6-8H,9H2,1-5H3. The van der Waals surface area contributed by atoms with Gasteiger partial charge >= 0.3 is 0 Å². The van der Waals surface area contributed by atoms with Crippen LogP contribution in [0.1, 0.15) is 22.5 Å². The van der Waals surface area contributed by atoms with Crippen LogP contribution in [-0.2, 0) is 6.54 Å². The van der Waals surface area contributed by atoms with Gasteiger partial charge in [-0.3, -0.25) is 4.68 Å². The molecule has 2 heterocycles. The Bertz CT molecular complexity index is 798. The molecule has 0 aliphatic rings. The SMILES string of the molecule is Cc1cc(Cn2nc(C)cc2C)c2nc(N(C)C)sc2c1. The number of aromatic nitrogens is 3. The Morgan fingerprint density at radius 1 is 1.14 bits per heavy atom. The fraction of sp³-hybridized carbons (Fsp3) is 0.375. The molecule has 0 radical (unpaired) electrons. The molecule has 3 rings (SSSR count). The molecular weight excluding hydrogens is 280 g/mol. The minimum absolute atomic E-state index is 0.772. The third-order valence-electron chi connectivity index (χ3n) is 3.51. The highest BCUT2D eigenvalue weighted by atomic mass is 32.1. The molecule has 0 fully saturated rings. The fourth-order valence-corrected chi connectivity index (χ4v) is 3.58. The number of nitrogens with zero attached hydrogens (tertiary/aromatic N) is 4. The molecule has 0 aliphatic carbocycles. The molecule has 4 nitrogen and oxygen atoms in total. The first kappa shape index (κ1) is 14.1. The molecule has 0 amide bonds. The van der Waals surface area contributed by atoms with Crippen LogP contribution in [0.15, 0.2) is 18.2 Å². The number of fused-ring (bicyclic) bond motifs is 1. The van der Waals surface area contributed by atoms with Gasteiger partial charge in [-0.05, 0) is 38.5 Å². The molecule has 0 unspecified atom stereocenters. The van der Waals surface area contributed by atoms with Crippen LogP contribution < -0.4 is 4.90 Å². The number of benzene rings is 1. The molecule has 0 aliphatic heterocycles. The Balaban J connectivity index is 2.10. The van der Waals surface area contributed by atoms with Gasteiger partial charge in [-0.1, -0.05) is 17.4 Å². The molecule has 110 valence electrons. The van der Waals surface area contributed by atoms with Crippen LogP contribution in [0.25, 0.3) is 10.2 Å². The zero-order valence-electron chi connectivity index (χ0n) is 13.1. The molecule has 2 aromatic heterocycles. The van der Waals surface area contributed by atoms with Gasteiger partial charge in [-0.25, -0.2) is 4.98 Å². The van der Waals surface area contributed by atoms with Crippen molar-refractivity contribution in [3.63, 3.8) is 0 Å². The van der Waals surface area contributed by atoms with E-state index >= 15 is 0 Å². The lowest BCUT2D eigenvalue weighted by Crippen LogP contribution is -2.08. The van der Waals surface area contributed by atoms with Gasteiger partial charge in [0.05, 0.1) is 22.5 Å². The van der Waals surface area contributed by atoms with E-state index in [1.54, 1.807) is 11.3 Å². The second-order valence-corrected chi connectivity index (χ2v) is 6.76. The summed E-state index contributed by atoms with van der Waals surface area (Å²) in [6.45, 7) is 7.04. The van der Waals surface area contributed by atoms with Crippen molar-refractivity contribution in [2.45, 2.75) is 27.3 Å². The van der Waals surface area contributed by atoms with E-state index in [-0.39, 0.29) is 0 Å². The van der Waals surface area contributed by atoms with E-state index < -0.39 is 0 Å². The predicted octanol–water partition coefficient (Wildman–Crippen LogP) is 3.53. The van der Waals surface area contributed by atoms with E-state index in [1.807, 2.05) is 21.0 Å². The maximum atomic E-state index is 4.79. The summed E-state index contributed by atoms with van der Waals surface area (Å²) in [5, 5.41) is 5.61. The quantitative estimate of drug-likeness (QED) is 0.742. The van der Waals surface area contributed by atoms with Crippen molar-refractivity contribution < 1.29 is 0 Å². The second-order valence-electron chi connectivity index (χ2n) is 5.75. The molecule has 21 heavy (non-hydrogen) atoms. The predicted molar refractivity (Wildman–Crippen MR) is 89.5 cm³/mol. The Hall–Kier alpha value is -1.88. The minimum Gasteiger partial charge on any atom is -0.354 e. The highest BCUT2D eigenvalue weighted by Gasteiger charge is 2.12. The molecule has 0 bridgehead atoms. The Kier molecular flexibility index (Phi) is 3.45. The lowest BCUT2D eigenvalue weighted by atomic mass is 10.1. The largest absolute Gasteiger partial charge is 0.354 e. The fourth-order valence-electron chi connectivity index (χ4n) is 2.55. The number of hydrogen-bond acceptors (Lipinski definition) is 4. The van der Waals surface area contributed by atoms with Crippen LogP contribution in [0.2, 0.25) is 0 Å². The number of hydrogen-bond donors (Lipinski definition) is 0. The highest BCUT2D eigenvalue weighted by molar-refractivity contribution is 7.22. The first-order valence-electron chi connectivity index (χ1n) is 7.02. The molecule has 5 heteroatoms. The van der Waals surface area contributed by atoms with Crippen molar-refractivity contribution in [3.8, 4) is 0 Å². The molecule has 0 N–H and O–H groups in total. The summed E-state index contributed by atoms with van der Waals surface area (Å²) in [5.41, 5.74) is 5.85. The molecule has 1 aromatic carbocycles. The molecular formula is C16H20N4S. The van der Waals surface area contributed by atoms with E-state index in [4.69, 9.17) is 4.98 Å². The summed E-state index contributed by atoms with van der Waals surface area (Å²) in [6.07, 6.45) is 0. The second kappa shape index (κ2) is 5.15. The van der Waals surface area contributed by atoms with Crippen molar-refractivity contribution >= 4 is 26.7 Å². The van der Waals surface area contributed by atoms with E-state index in [9.17, 15) is 0 Å². The van der Waals surface area contributed by atoms with Crippen LogP contribution in [0.5, 0.6) is 0 Å². The van der Waals surface area contributed by atoms with Gasteiger partial charge in [-0.15, -0.1) is 0 Å². The lowest BCUT2D eigenvalue weighted by Gasteiger charge is -2.07. The van der Waals surface area contributed by atoms with Crippen LogP contribution in [-0.4, -0.2) is 28.9 Å². The molecule has 0 spiro atoms. The number of aryl methyl sites for hydroxylation is 3. The average Bonchev–Trinajstić information content (AvgIpc) is 2.93. The van der Waals surface area contributed by atoms with Crippen LogP contribution >= 0.6 is 11.3 Å². The smallest absolute Gasteiger partial charge is 0.185 e. The van der Waals surface area contributed by atoms with Crippen molar-refractivity contribution in [1.29, 1.82) is 0 Å². The van der Waals surface area contributed by atoms with Crippen molar-refractivity contribution in [1.82, 2.24) is 14.8 Å². The van der Waals surface area contributed by atoms with E-state index in [0.29, 0.717) is 0 Å². The maximum Gasteiger partial charge on any atom is 0.185 e. The molecule has 0 atom stereocenters. The summed E-state index contributed by atoms with van der Waals surface area (Å²) in [5.74, 6) is 0. The van der Waals surface area contributed by atoms with Gasteiger partial charge < -0.3 is 4.90 Å². The van der Waals surface area contributed by atoms with E-state index in [1.165, 1.54) is 21.5 Å². The first-order chi connectivity index (χ1) is 9.94. The summed E-state index contributed by atoms with van der Waals surface area (Å²) >= 11 is 1.74. The van der Waals surface area contributed by atoms with Gasteiger partial charge in [0.25, 0.3) is 0 Å². The van der Waals surface area contributed by atoms with Crippen LogP contribution in [0, 0.1) is 20.8 Å². The van der Waals surface area contributed by atoms with Gasteiger partial charge in [0, 0.05) is 25.4 Å². The summed E-state index contributed by atoms with van der Waals surface area (Å²) in [7, 11) is 4.07. The number of thiazole rings is 1. The van der Waals surface area contributed by atoms with Gasteiger partial charge in [0.1, 0.15) is 0 Å². The molecule has 0 saturated heterocycles. The van der Waals surface area contributed by atoms with Crippen molar-refractivity contribution in [2.24, 2.45) is 0 Å². The van der Waals surface area contributed by atoms with E-state index in [2.05, 4.69) is 46.7 Å². The van der Waals surface area contributed by atoms with Gasteiger partial charge in [-0.2, -0.15) is 5.10 Å². The number of anilines is 1. The monoisotopic (exact) mass is 300 g/mol. The van der Waals surface area contributed by atoms with Crippen molar-refractivity contribution in [3.05, 3.63) is 40.7 Å². The van der Waals surface area contributed by atoms with Gasteiger partial charge in [0.2, 0.25) is 0 Å². The van der Waals surface area contributed by atoms with Crippen LogP contribution in [0.4, 0.5) is 5.13 Å². The van der Waals surface area contributed by atoms with Crippen molar-refractivity contribution in [2.75, 3.05) is 19.0 Å². The van der Waals surface area contributed by atoms with E-state index in [0.717, 1.165) is 22.9 Å². The topological polar surface area (TPSA) is 34.0 Å². The Morgan fingerprint density at radius 2 is 1.90 bits per heavy atom. The Labute approximate surface area is 129 Å². The Morgan fingerprint density at radius 3 is 2.52 bits per heavy atom. The summed E-state index contributed by atoms with van der Waals surface area (Å²) in [6, 6.07) is 6.54. The first-order valence-corrected chi connectivity index (χ1v) is 7.84. The third kappa shape index (κ3) is 2.65. The third-order valence-corrected chi connectivity index (χ3v) is 4.68. The highest BCUT2D eigenvalue weighted by Crippen LogP contribution is 2.31. The summed E-state index contributed by atoms with van der Waals surface area (Å²) < 4.78 is 3.30.